The summed E-state index contributed by atoms with van der Waals surface area (Å²) >= 11 is 0. The van der Waals surface area contributed by atoms with Gasteiger partial charge in [0, 0.05) is 12.0 Å². The Labute approximate surface area is 89.0 Å². The van der Waals surface area contributed by atoms with E-state index in [0.717, 1.165) is 0 Å². The van der Waals surface area contributed by atoms with Crippen LogP contribution in [-0.2, 0) is 4.74 Å². The third kappa shape index (κ3) is 1.14. The maximum Gasteiger partial charge on any atom is 0.407 e. The lowest BCUT2D eigenvalue weighted by molar-refractivity contribution is -0.0163. The van der Waals surface area contributed by atoms with Gasteiger partial charge in [-0.3, -0.25) is 0 Å². The molecule has 3 aliphatic carbocycles. The molecule has 3 fully saturated rings. The van der Waals surface area contributed by atoms with Crippen LogP contribution in [0.15, 0.2) is 0 Å². The summed E-state index contributed by atoms with van der Waals surface area (Å²) in [5.41, 5.74) is -0.446. The van der Waals surface area contributed by atoms with Crippen LogP contribution in [0.25, 0.3) is 0 Å². The van der Waals surface area contributed by atoms with Crippen LogP contribution in [0, 0.1) is 23.7 Å². The van der Waals surface area contributed by atoms with E-state index in [0.29, 0.717) is 23.7 Å². The summed E-state index contributed by atoms with van der Waals surface area (Å²) in [4.78, 5) is 11.5. The third-order valence-corrected chi connectivity index (χ3v) is 3.94. The van der Waals surface area contributed by atoms with Crippen molar-refractivity contribution in [2.75, 3.05) is 0 Å². The molecule has 3 aliphatic rings. The first-order valence-electron chi connectivity index (χ1n) is 5.58. The predicted molar refractivity (Wildman–Crippen MR) is 53.1 cm³/mol. The number of nitrogens with one attached hydrogen (secondary N) is 1. The van der Waals surface area contributed by atoms with E-state index in [9.17, 15) is 9.90 Å². The highest BCUT2D eigenvalue weighted by Crippen LogP contribution is 2.77. The summed E-state index contributed by atoms with van der Waals surface area (Å²) in [5, 5.41) is 12.5. The van der Waals surface area contributed by atoms with Crippen molar-refractivity contribution in [1.29, 1.82) is 0 Å². The molecule has 0 aromatic rings. The highest BCUT2D eigenvalue weighted by molar-refractivity contribution is 5.69. The van der Waals surface area contributed by atoms with Gasteiger partial charge < -0.3 is 15.2 Å². The number of carbonyl (C=O) groups excluding carboxylic acids is 1. The molecule has 2 N–H and O–H groups in total. The van der Waals surface area contributed by atoms with Crippen molar-refractivity contribution in [3.8, 4) is 0 Å². The largest absolute Gasteiger partial charge is 0.444 e. The van der Waals surface area contributed by atoms with E-state index >= 15 is 0 Å². The standard InChI is InChI=1S/C11H17NO3/c1-11(2,3)15-10(14)12-8-5-4-6(5)9(13)7(4)8/h4-9,13H,1-3H3,(H,12,14). The molecule has 6 unspecified atom stereocenters. The van der Waals surface area contributed by atoms with Crippen molar-refractivity contribution < 1.29 is 14.6 Å². The van der Waals surface area contributed by atoms with Crippen LogP contribution in [0.5, 0.6) is 0 Å². The Balaban J connectivity index is 1.53. The lowest BCUT2D eigenvalue weighted by Crippen LogP contribution is -2.54. The number of aliphatic hydroxyl groups excluding tert-OH is 1. The van der Waals surface area contributed by atoms with Crippen LogP contribution in [0.2, 0.25) is 0 Å². The van der Waals surface area contributed by atoms with E-state index in [2.05, 4.69) is 5.32 Å². The van der Waals surface area contributed by atoms with Gasteiger partial charge in [-0.15, -0.1) is 0 Å². The average Bonchev–Trinajstić information content (AvgIpc) is 2.49. The Hall–Kier alpha value is -0.770. The molecule has 4 heteroatoms. The second-order valence-corrected chi connectivity index (χ2v) is 5.97. The normalized spacial score (nSPS) is 49.6. The van der Waals surface area contributed by atoms with Gasteiger partial charge in [-0.05, 0) is 38.5 Å². The first-order chi connectivity index (χ1) is 6.90. The van der Waals surface area contributed by atoms with Crippen molar-refractivity contribution in [3.05, 3.63) is 0 Å². The summed E-state index contributed by atoms with van der Waals surface area (Å²) in [6.45, 7) is 5.55. The smallest absolute Gasteiger partial charge is 0.407 e. The van der Waals surface area contributed by atoms with Crippen molar-refractivity contribution in [2.24, 2.45) is 23.7 Å². The van der Waals surface area contributed by atoms with Gasteiger partial charge in [-0.1, -0.05) is 0 Å². The lowest BCUT2D eigenvalue weighted by Gasteiger charge is -2.40. The van der Waals surface area contributed by atoms with E-state index in [1.165, 1.54) is 0 Å². The zero-order valence-electron chi connectivity index (χ0n) is 9.23. The summed E-state index contributed by atoms with van der Waals surface area (Å²) in [6.07, 6.45) is -0.518. The molecule has 1 amide bonds. The summed E-state index contributed by atoms with van der Waals surface area (Å²) < 4.78 is 5.18. The highest BCUT2D eigenvalue weighted by Gasteiger charge is 2.83. The number of aliphatic hydroxyl groups is 1. The number of amides is 1. The number of ether oxygens (including phenoxy) is 1. The SMILES string of the molecule is CC(C)(C)OC(=O)NC1C2C(O)C3C1C23. The monoisotopic (exact) mass is 211 g/mol. The second-order valence-electron chi connectivity index (χ2n) is 5.97. The van der Waals surface area contributed by atoms with E-state index in [1.807, 2.05) is 20.8 Å². The molecule has 3 rings (SSSR count). The quantitative estimate of drug-likeness (QED) is 0.672. The molecule has 0 aromatic carbocycles. The molecule has 0 aliphatic heterocycles. The number of carbonyl (C=O) groups is 1. The Morgan fingerprint density at radius 1 is 1.20 bits per heavy atom. The molecular weight excluding hydrogens is 194 g/mol. The average molecular weight is 211 g/mol. The van der Waals surface area contributed by atoms with Crippen molar-refractivity contribution in [1.82, 2.24) is 5.32 Å². The fourth-order valence-corrected chi connectivity index (χ4v) is 3.37. The zero-order chi connectivity index (χ0) is 11.0. The van der Waals surface area contributed by atoms with Crippen molar-refractivity contribution in [2.45, 2.75) is 38.5 Å². The molecule has 3 saturated carbocycles. The minimum Gasteiger partial charge on any atom is -0.444 e. The molecule has 0 bridgehead atoms. The molecule has 84 valence electrons. The van der Waals surface area contributed by atoms with Crippen LogP contribution in [0.3, 0.4) is 0 Å². The van der Waals surface area contributed by atoms with Gasteiger partial charge in [-0.2, -0.15) is 0 Å². The Morgan fingerprint density at radius 3 is 2.27 bits per heavy atom. The Kier molecular flexibility index (Phi) is 1.57. The van der Waals surface area contributed by atoms with Gasteiger partial charge in [0.25, 0.3) is 0 Å². The van der Waals surface area contributed by atoms with Gasteiger partial charge in [-0.25, -0.2) is 4.79 Å². The van der Waals surface area contributed by atoms with Gasteiger partial charge in [0.05, 0.1) is 6.10 Å². The van der Waals surface area contributed by atoms with E-state index in [-0.39, 0.29) is 18.2 Å². The second kappa shape index (κ2) is 2.48. The van der Waals surface area contributed by atoms with E-state index in [4.69, 9.17) is 4.74 Å². The summed E-state index contributed by atoms with van der Waals surface area (Å²) in [7, 11) is 0. The minimum atomic E-state index is -0.446. The van der Waals surface area contributed by atoms with E-state index < -0.39 is 5.60 Å². The number of fused-ring (bicyclic) bond motifs is 1. The highest BCUT2D eigenvalue weighted by atomic mass is 16.6. The molecule has 4 nitrogen and oxygen atoms in total. The van der Waals surface area contributed by atoms with Crippen molar-refractivity contribution in [3.63, 3.8) is 0 Å². The van der Waals surface area contributed by atoms with E-state index in [1.54, 1.807) is 0 Å². The van der Waals surface area contributed by atoms with Crippen LogP contribution in [0.4, 0.5) is 4.79 Å². The minimum absolute atomic E-state index is 0.167. The molecule has 0 saturated heterocycles. The van der Waals surface area contributed by atoms with Crippen LogP contribution in [0.1, 0.15) is 20.8 Å². The summed E-state index contributed by atoms with van der Waals surface area (Å²) in [6, 6.07) is 0.171. The predicted octanol–water partition coefficient (Wildman–Crippen LogP) is 0.746. The third-order valence-electron chi connectivity index (χ3n) is 3.94. The van der Waals surface area contributed by atoms with Gasteiger partial charge in [0.1, 0.15) is 5.60 Å². The molecule has 0 spiro atoms. The van der Waals surface area contributed by atoms with Gasteiger partial charge in [0.15, 0.2) is 0 Å². The topological polar surface area (TPSA) is 58.6 Å². The summed E-state index contributed by atoms with van der Waals surface area (Å²) in [5.74, 6) is 2.04. The number of rotatable bonds is 1. The molecule has 0 aromatic heterocycles. The molecular formula is C11H17NO3. The van der Waals surface area contributed by atoms with Crippen LogP contribution < -0.4 is 5.32 Å². The fraction of sp³-hybridized carbons (Fsp3) is 0.909. The Morgan fingerprint density at radius 2 is 1.87 bits per heavy atom. The number of alkyl carbamates (subject to hydrolysis) is 1. The van der Waals surface area contributed by atoms with Crippen LogP contribution >= 0.6 is 0 Å². The zero-order valence-corrected chi connectivity index (χ0v) is 9.23. The van der Waals surface area contributed by atoms with Gasteiger partial charge >= 0.3 is 6.09 Å². The maximum absolute atomic E-state index is 11.5. The molecule has 0 radical (unpaired) electrons. The fourth-order valence-electron chi connectivity index (χ4n) is 3.37. The Bertz CT molecular complexity index is 322. The molecule has 0 heterocycles. The van der Waals surface area contributed by atoms with Crippen molar-refractivity contribution >= 4 is 6.09 Å². The molecule has 15 heavy (non-hydrogen) atoms. The first kappa shape index (κ1) is 9.46. The van der Waals surface area contributed by atoms with Crippen LogP contribution in [-0.4, -0.2) is 28.9 Å². The maximum atomic E-state index is 11.5. The lowest BCUT2D eigenvalue weighted by atomic mass is 9.73. The molecule has 6 atom stereocenters. The number of hydrogen-bond donors (Lipinski definition) is 2. The number of hydrogen-bond acceptors (Lipinski definition) is 3. The first-order valence-corrected chi connectivity index (χ1v) is 5.58. The van der Waals surface area contributed by atoms with Gasteiger partial charge in [0.2, 0.25) is 0 Å².